The zero-order chi connectivity index (χ0) is 41.5. The van der Waals surface area contributed by atoms with Gasteiger partial charge in [-0.25, -0.2) is 0 Å². The largest absolute Gasteiger partial charge is 0.394 e. The topological polar surface area (TPSA) is 427 Å². The fourth-order valence-corrected chi connectivity index (χ4v) is 7.15. The second-order valence-corrected chi connectivity index (χ2v) is 14.2. The second kappa shape index (κ2) is 17.9. The maximum absolute atomic E-state index is 11.3. The molecule has 5 rings (SSSR count). The van der Waals surface area contributed by atoms with Crippen molar-refractivity contribution in [1.82, 2.24) is 0 Å². The van der Waals surface area contributed by atoms with Gasteiger partial charge in [-0.2, -0.15) is 0 Å². The van der Waals surface area contributed by atoms with Crippen molar-refractivity contribution >= 4 is 0 Å². The predicted octanol–water partition coefficient (Wildman–Crippen LogP) is -11.9. The lowest BCUT2D eigenvalue weighted by Gasteiger charge is -2.45. The van der Waals surface area contributed by atoms with E-state index in [1.54, 1.807) is 0 Å². The van der Waals surface area contributed by atoms with Gasteiger partial charge in [-0.1, -0.05) is 0 Å². The van der Waals surface area contributed by atoms with E-state index < -0.39 is 187 Å². The Morgan fingerprint density at radius 1 is 0.357 bits per heavy atom. The van der Waals surface area contributed by atoms with Gasteiger partial charge in [-0.05, 0) is 0 Å². The average Bonchev–Trinajstić information content (AvgIpc) is 3.80. The van der Waals surface area contributed by atoms with Gasteiger partial charge in [-0.3, -0.25) is 0 Å². The molecule has 0 aromatic carbocycles. The van der Waals surface area contributed by atoms with Crippen LogP contribution >= 0.6 is 0 Å². The lowest BCUT2D eigenvalue weighted by atomic mass is 9.99. The first-order valence-electron chi connectivity index (χ1n) is 17.5. The normalized spacial score (nSPS) is 52.3. The summed E-state index contributed by atoms with van der Waals surface area (Å²) in [4.78, 5) is 0. The van der Waals surface area contributed by atoms with E-state index in [4.69, 9.17) is 42.6 Å². The van der Waals surface area contributed by atoms with E-state index in [0.29, 0.717) is 0 Å². The molecule has 5 aliphatic rings. The average molecular weight is 829 g/mol. The van der Waals surface area contributed by atoms with Gasteiger partial charge in [0, 0.05) is 0 Å². The fourth-order valence-electron chi connectivity index (χ4n) is 7.15. The first-order chi connectivity index (χ1) is 26.4. The van der Waals surface area contributed by atoms with E-state index >= 15 is 0 Å². The summed E-state index contributed by atoms with van der Waals surface area (Å²) in [6.07, 6.45) is -32.5. The molecule has 0 spiro atoms. The summed E-state index contributed by atoms with van der Waals surface area (Å²) in [6.45, 7) is -9.51. The molecule has 5 saturated heterocycles. The highest BCUT2D eigenvalue weighted by atomic mass is 16.8. The molecule has 0 amide bonds. The van der Waals surface area contributed by atoms with Crippen molar-refractivity contribution < 1.29 is 129 Å². The minimum atomic E-state index is -2.79. The Morgan fingerprint density at radius 3 is 1.05 bits per heavy atom. The first kappa shape index (κ1) is 46.0. The summed E-state index contributed by atoms with van der Waals surface area (Å²) < 4.78 is 50.6. The summed E-state index contributed by atoms with van der Waals surface area (Å²) in [6, 6.07) is 0. The molecule has 0 aliphatic carbocycles. The Bertz CT molecular complexity index is 1270. The van der Waals surface area contributed by atoms with Crippen LogP contribution in [0.2, 0.25) is 0 Å². The summed E-state index contributed by atoms with van der Waals surface area (Å²) >= 11 is 0. The van der Waals surface area contributed by atoms with E-state index in [-0.39, 0.29) is 0 Å². The molecular weight excluding hydrogens is 776 g/mol. The first-order valence-corrected chi connectivity index (χ1v) is 17.5. The maximum Gasteiger partial charge on any atom is 0.224 e. The van der Waals surface area contributed by atoms with Crippen LogP contribution in [0.25, 0.3) is 0 Å². The summed E-state index contributed by atoms with van der Waals surface area (Å²) in [5.41, 5.74) is 0. The molecule has 5 heterocycles. The molecule has 328 valence electrons. The summed E-state index contributed by atoms with van der Waals surface area (Å²) in [7, 11) is 0. The number of hydrogen-bond donors (Lipinski definition) is 17. The van der Waals surface area contributed by atoms with E-state index in [9.17, 15) is 86.8 Å². The van der Waals surface area contributed by atoms with Crippen LogP contribution in [0.5, 0.6) is 0 Å². The SMILES string of the molecule is OCC1OC(OC2(COC3(COC4(COC5(CO)OC(CO)C(O)C5O)OC(CO)C(O)C4O)OC(CO)C(O)C3O)OC(CO)C(O)C2O)C(O)C(O)C1O. The number of rotatable bonds is 17. The molecule has 26 heteroatoms. The van der Waals surface area contributed by atoms with Crippen molar-refractivity contribution in [3.8, 4) is 0 Å². The predicted molar refractivity (Wildman–Crippen MR) is 167 cm³/mol. The number of aliphatic hydroxyl groups is 17. The van der Waals surface area contributed by atoms with E-state index in [1.165, 1.54) is 0 Å². The third kappa shape index (κ3) is 7.97. The van der Waals surface area contributed by atoms with Crippen LogP contribution < -0.4 is 0 Å². The van der Waals surface area contributed by atoms with Crippen molar-refractivity contribution in [2.24, 2.45) is 0 Å². The molecule has 0 bridgehead atoms. The molecule has 0 aromatic rings. The van der Waals surface area contributed by atoms with E-state index in [2.05, 4.69) is 0 Å². The van der Waals surface area contributed by atoms with Crippen LogP contribution in [0.3, 0.4) is 0 Å². The van der Waals surface area contributed by atoms with Gasteiger partial charge in [-0.15, -0.1) is 0 Å². The highest BCUT2D eigenvalue weighted by Gasteiger charge is 2.65. The third-order valence-electron chi connectivity index (χ3n) is 10.7. The summed E-state index contributed by atoms with van der Waals surface area (Å²) in [5.74, 6) is -10.8. The van der Waals surface area contributed by atoms with Crippen molar-refractivity contribution in [1.29, 1.82) is 0 Å². The number of hydrogen-bond acceptors (Lipinski definition) is 26. The smallest absolute Gasteiger partial charge is 0.224 e. The maximum atomic E-state index is 11.3. The van der Waals surface area contributed by atoms with Gasteiger partial charge in [0.25, 0.3) is 0 Å². The highest BCUT2D eigenvalue weighted by molar-refractivity contribution is 5.04. The molecule has 0 saturated carbocycles. The lowest BCUT2D eigenvalue weighted by Crippen LogP contribution is -2.63. The Balaban J connectivity index is 1.47. The molecule has 0 radical (unpaired) electrons. The molecular formula is C30H52O26. The van der Waals surface area contributed by atoms with E-state index in [1.807, 2.05) is 0 Å². The molecule has 5 fully saturated rings. The Hall–Kier alpha value is -1.04. The monoisotopic (exact) mass is 828 g/mol. The lowest BCUT2D eigenvalue weighted by molar-refractivity contribution is -0.406. The molecule has 5 aliphatic heterocycles. The Kier molecular flexibility index (Phi) is 14.7. The van der Waals surface area contributed by atoms with Crippen LogP contribution in [0, 0.1) is 0 Å². The number of aliphatic hydroxyl groups excluding tert-OH is 17. The fraction of sp³-hybridized carbons (Fsp3) is 1.00. The molecule has 26 nitrogen and oxygen atoms in total. The number of ether oxygens (including phenoxy) is 9. The Labute approximate surface area is 316 Å². The van der Waals surface area contributed by atoms with E-state index in [0.717, 1.165) is 0 Å². The van der Waals surface area contributed by atoms with Gasteiger partial charge >= 0.3 is 0 Å². The minimum absolute atomic E-state index is 0.852. The molecule has 0 aromatic heterocycles. The molecule has 56 heavy (non-hydrogen) atoms. The third-order valence-corrected chi connectivity index (χ3v) is 10.7. The zero-order valence-electron chi connectivity index (χ0n) is 29.5. The van der Waals surface area contributed by atoms with Crippen LogP contribution in [-0.2, 0) is 42.6 Å². The zero-order valence-corrected chi connectivity index (χ0v) is 29.5. The van der Waals surface area contributed by atoms with Gasteiger partial charge < -0.3 is 129 Å². The van der Waals surface area contributed by atoms with Gasteiger partial charge in [0.15, 0.2) is 6.29 Å². The standard InChI is InChI=1S/C30H52O26/c31-1-10-15(37)20(42)21(43)26(51-10)56-30(25(47)19(41)14(5-35)55-30)9-50-29(24(46)18(40)13(4-34)54-29)8-49-28(23(45)17(39)12(3-33)53-28)7-48-27(6-36)22(44)16(38)11(2-32)52-27/h10-26,31-47H,1-9H2. The van der Waals surface area contributed by atoms with Crippen molar-refractivity contribution in [3.63, 3.8) is 0 Å². The van der Waals surface area contributed by atoms with Crippen molar-refractivity contribution in [2.75, 3.05) is 59.5 Å². The summed E-state index contributed by atoms with van der Waals surface area (Å²) in [5, 5.41) is 177. The highest BCUT2D eigenvalue weighted by Crippen LogP contribution is 2.43. The molecule has 17 N–H and O–H groups in total. The van der Waals surface area contributed by atoms with Crippen molar-refractivity contribution in [2.45, 2.75) is 127 Å². The van der Waals surface area contributed by atoms with Crippen molar-refractivity contribution in [3.05, 3.63) is 0 Å². The Morgan fingerprint density at radius 2 is 0.679 bits per heavy atom. The quantitative estimate of drug-likeness (QED) is 0.0647. The van der Waals surface area contributed by atoms with Gasteiger partial charge in [0.05, 0.1) is 33.0 Å². The molecule has 21 atom stereocenters. The van der Waals surface area contributed by atoms with Crippen LogP contribution in [0.15, 0.2) is 0 Å². The van der Waals surface area contributed by atoms with Gasteiger partial charge in [0.1, 0.15) is 124 Å². The van der Waals surface area contributed by atoms with Crippen LogP contribution in [-0.4, -0.2) is 273 Å². The molecule has 21 unspecified atom stereocenters. The van der Waals surface area contributed by atoms with Gasteiger partial charge in [0.2, 0.25) is 23.1 Å². The second-order valence-electron chi connectivity index (χ2n) is 14.2. The minimum Gasteiger partial charge on any atom is -0.394 e. The van der Waals surface area contributed by atoms with Crippen LogP contribution in [0.1, 0.15) is 0 Å². The van der Waals surface area contributed by atoms with Crippen LogP contribution in [0.4, 0.5) is 0 Å².